The van der Waals surface area contributed by atoms with E-state index in [1.807, 2.05) is 19.9 Å². The fourth-order valence-electron chi connectivity index (χ4n) is 3.08. The molecule has 2 aromatic carbocycles. The molecule has 0 bridgehead atoms. The topological polar surface area (TPSA) is 76.2 Å². The minimum Gasteiger partial charge on any atom is -0.478 e. The maximum atomic E-state index is 14.3. The van der Waals surface area contributed by atoms with Gasteiger partial charge in [0.25, 0.3) is 5.89 Å². The van der Waals surface area contributed by atoms with Gasteiger partial charge in [-0.25, -0.2) is 9.18 Å². The van der Waals surface area contributed by atoms with Crippen molar-refractivity contribution in [2.45, 2.75) is 34.6 Å². The van der Waals surface area contributed by atoms with Crippen LogP contribution in [0.4, 0.5) is 4.39 Å². The van der Waals surface area contributed by atoms with Gasteiger partial charge in [-0.15, -0.1) is 0 Å². The fraction of sp³-hybridized carbons (Fsp3) is 0.250. The Balaban J connectivity index is 2.19. The number of aromatic carboxylic acids is 1. The number of carbonyl (C=O) groups is 1. The predicted octanol–water partition coefficient (Wildman–Crippen LogP) is 4.78. The molecule has 0 spiro atoms. The number of hydrogen-bond acceptors (Lipinski definition) is 4. The number of nitrogens with zero attached hydrogens (tertiary/aromatic N) is 2. The first-order chi connectivity index (χ1) is 12.2. The van der Waals surface area contributed by atoms with E-state index in [4.69, 9.17) is 4.52 Å². The highest BCUT2D eigenvalue weighted by Crippen LogP contribution is 2.32. The first-order valence-corrected chi connectivity index (χ1v) is 8.16. The zero-order valence-corrected chi connectivity index (χ0v) is 15.3. The molecule has 3 rings (SSSR count). The van der Waals surface area contributed by atoms with Crippen molar-refractivity contribution in [1.29, 1.82) is 0 Å². The second kappa shape index (κ2) is 6.37. The average Bonchev–Trinajstić information content (AvgIpc) is 3.04. The lowest BCUT2D eigenvalue weighted by molar-refractivity contribution is 0.0695. The molecular weight excluding hydrogens is 335 g/mol. The molecule has 0 radical (unpaired) electrons. The molecule has 0 fully saturated rings. The summed E-state index contributed by atoms with van der Waals surface area (Å²) in [6.07, 6.45) is 0. The summed E-state index contributed by atoms with van der Waals surface area (Å²) in [4.78, 5) is 16.0. The zero-order chi connectivity index (χ0) is 19.2. The Hall–Kier alpha value is -3.02. The summed E-state index contributed by atoms with van der Waals surface area (Å²) >= 11 is 0. The van der Waals surface area contributed by atoms with Crippen LogP contribution in [0.25, 0.3) is 22.8 Å². The van der Waals surface area contributed by atoms with Crippen LogP contribution in [-0.2, 0) is 0 Å². The maximum absolute atomic E-state index is 14.3. The van der Waals surface area contributed by atoms with Gasteiger partial charge in [0.1, 0.15) is 5.82 Å². The summed E-state index contributed by atoms with van der Waals surface area (Å²) in [6, 6.07) is 4.88. The van der Waals surface area contributed by atoms with Crippen molar-refractivity contribution >= 4 is 5.97 Å². The zero-order valence-electron chi connectivity index (χ0n) is 15.3. The summed E-state index contributed by atoms with van der Waals surface area (Å²) in [5.41, 5.74) is 4.75. The summed E-state index contributed by atoms with van der Waals surface area (Å²) in [5, 5.41) is 13.5. The summed E-state index contributed by atoms with van der Waals surface area (Å²) in [6.45, 7) is 8.97. The van der Waals surface area contributed by atoms with Crippen LogP contribution in [0.15, 0.2) is 22.7 Å². The van der Waals surface area contributed by atoms with E-state index in [9.17, 15) is 14.3 Å². The molecule has 1 heterocycles. The van der Waals surface area contributed by atoms with Crippen molar-refractivity contribution in [3.8, 4) is 22.8 Å². The monoisotopic (exact) mass is 354 g/mol. The van der Waals surface area contributed by atoms with Crippen molar-refractivity contribution < 1.29 is 18.8 Å². The molecule has 1 N–H and O–H groups in total. The van der Waals surface area contributed by atoms with E-state index in [0.717, 1.165) is 16.7 Å². The van der Waals surface area contributed by atoms with Crippen molar-refractivity contribution in [3.05, 3.63) is 57.4 Å². The van der Waals surface area contributed by atoms with Gasteiger partial charge in [-0.2, -0.15) is 4.98 Å². The highest BCUT2D eigenvalue weighted by molar-refractivity contribution is 5.93. The number of aromatic nitrogens is 2. The Morgan fingerprint density at radius 3 is 2.38 bits per heavy atom. The van der Waals surface area contributed by atoms with Crippen LogP contribution in [0.5, 0.6) is 0 Å². The number of rotatable bonds is 3. The van der Waals surface area contributed by atoms with E-state index in [0.29, 0.717) is 16.7 Å². The number of aryl methyl sites for hydroxylation is 2. The molecule has 0 aliphatic heterocycles. The number of halogens is 1. The highest BCUT2D eigenvalue weighted by Gasteiger charge is 2.22. The highest BCUT2D eigenvalue weighted by atomic mass is 19.1. The van der Waals surface area contributed by atoms with E-state index < -0.39 is 11.8 Å². The van der Waals surface area contributed by atoms with Crippen LogP contribution in [0.3, 0.4) is 0 Å². The Bertz CT molecular complexity index is 1040. The van der Waals surface area contributed by atoms with Gasteiger partial charge in [-0.05, 0) is 74.6 Å². The third-order valence-corrected chi connectivity index (χ3v) is 4.89. The molecule has 6 heteroatoms. The Kier molecular flexibility index (Phi) is 4.36. The van der Waals surface area contributed by atoms with Crippen LogP contribution >= 0.6 is 0 Å². The van der Waals surface area contributed by atoms with E-state index in [-0.39, 0.29) is 22.8 Å². The number of benzene rings is 2. The smallest absolute Gasteiger partial charge is 0.336 e. The van der Waals surface area contributed by atoms with Gasteiger partial charge >= 0.3 is 5.97 Å². The van der Waals surface area contributed by atoms with Crippen LogP contribution in [0.1, 0.15) is 38.2 Å². The largest absolute Gasteiger partial charge is 0.478 e. The van der Waals surface area contributed by atoms with E-state index in [2.05, 4.69) is 10.1 Å². The molecule has 1 aromatic heterocycles. The molecule has 3 aromatic rings. The van der Waals surface area contributed by atoms with Crippen molar-refractivity contribution in [3.63, 3.8) is 0 Å². The molecule has 134 valence electrons. The molecule has 0 saturated carbocycles. The van der Waals surface area contributed by atoms with Gasteiger partial charge in [0.15, 0.2) is 0 Å². The third kappa shape index (κ3) is 2.77. The molecule has 0 amide bonds. The normalized spacial score (nSPS) is 11.0. The molecule has 5 nitrogen and oxygen atoms in total. The molecule has 0 saturated heterocycles. The Morgan fingerprint density at radius 2 is 1.73 bits per heavy atom. The maximum Gasteiger partial charge on any atom is 0.336 e. The first kappa shape index (κ1) is 17.8. The van der Waals surface area contributed by atoms with Crippen LogP contribution < -0.4 is 0 Å². The lowest BCUT2D eigenvalue weighted by atomic mass is 9.93. The predicted molar refractivity (Wildman–Crippen MR) is 95.8 cm³/mol. The van der Waals surface area contributed by atoms with Crippen LogP contribution in [-0.4, -0.2) is 21.2 Å². The number of carboxylic acid groups (broad SMARTS) is 1. The minimum atomic E-state index is -1.01. The standard InChI is InChI=1S/C20H19FN2O3/c1-9-6-7-15(21)17(11(9)3)19-22-18(23-26-19)14-8-10(2)12(4)16(13(14)5)20(24)25/h6-8H,1-5H3,(H,24,25). The average molecular weight is 354 g/mol. The van der Waals surface area contributed by atoms with E-state index in [1.165, 1.54) is 6.07 Å². The molecule has 0 atom stereocenters. The van der Waals surface area contributed by atoms with Crippen LogP contribution in [0, 0.1) is 40.4 Å². The Morgan fingerprint density at radius 1 is 1.04 bits per heavy atom. The third-order valence-electron chi connectivity index (χ3n) is 4.89. The first-order valence-electron chi connectivity index (χ1n) is 8.16. The minimum absolute atomic E-state index is 0.0770. The van der Waals surface area contributed by atoms with Crippen molar-refractivity contribution in [1.82, 2.24) is 10.1 Å². The second-order valence-corrected chi connectivity index (χ2v) is 6.46. The quantitative estimate of drug-likeness (QED) is 0.732. The van der Waals surface area contributed by atoms with E-state index in [1.54, 1.807) is 26.8 Å². The van der Waals surface area contributed by atoms with Crippen molar-refractivity contribution in [2.75, 3.05) is 0 Å². The van der Waals surface area contributed by atoms with Gasteiger partial charge in [-0.1, -0.05) is 11.2 Å². The van der Waals surface area contributed by atoms with Crippen LogP contribution in [0.2, 0.25) is 0 Å². The molecule has 26 heavy (non-hydrogen) atoms. The van der Waals surface area contributed by atoms with Gasteiger partial charge in [0.2, 0.25) is 5.82 Å². The summed E-state index contributed by atoms with van der Waals surface area (Å²) < 4.78 is 19.6. The molecule has 0 aliphatic rings. The van der Waals surface area contributed by atoms with Crippen molar-refractivity contribution in [2.24, 2.45) is 0 Å². The van der Waals surface area contributed by atoms with E-state index >= 15 is 0 Å². The lowest BCUT2D eigenvalue weighted by Crippen LogP contribution is -2.06. The molecule has 0 unspecified atom stereocenters. The number of hydrogen-bond donors (Lipinski definition) is 1. The summed E-state index contributed by atoms with van der Waals surface area (Å²) in [5.74, 6) is -1.13. The van der Waals surface area contributed by atoms with Gasteiger partial charge in [-0.3, -0.25) is 0 Å². The second-order valence-electron chi connectivity index (χ2n) is 6.46. The molecular formula is C20H19FN2O3. The summed E-state index contributed by atoms with van der Waals surface area (Å²) in [7, 11) is 0. The lowest BCUT2D eigenvalue weighted by Gasteiger charge is -2.12. The number of carboxylic acids is 1. The fourth-order valence-corrected chi connectivity index (χ4v) is 3.08. The molecule has 0 aliphatic carbocycles. The van der Waals surface area contributed by atoms with Gasteiger partial charge in [0.05, 0.1) is 11.1 Å². The van der Waals surface area contributed by atoms with Gasteiger partial charge < -0.3 is 9.63 Å². The van der Waals surface area contributed by atoms with Gasteiger partial charge in [0, 0.05) is 5.56 Å². The SMILES string of the molecule is Cc1cc(-c2noc(-c3c(F)ccc(C)c3C)n2)c(C)c(C(=O)O)c1C. The Labute approximate surface area is 150 Å².